The molecule has 0 aliphatic carbocycles. The normalized spacial score (nSPS) is 11.6. The molecule has 1 aromatic rings. The van der Waals surface area contributed by atoms with Crippen LogP contribution in [-0.4, -0.2) is 24.6 Å². The van der Waals surface area contributed by atoms with Crippen molar-refractivity contribution in [1.29, 1.82) is 0 Å². The number of H-pyrrole nitrogens is 1. The summed E-state index contributed by atoms with van der Waals surface area (Å²) < 4.78 is 34.7. The highest BCUT2D eigenvalue weighted by Crippen LogP contribution is 1.96. The third-order valence-corrected chi connectivity index (χ3v) is 2.72. The molecule has 0 fully saturated rings. The smallest absolute Gasteiger partial charge is 0.299 e. The fraction of sp³-hybridized carbons (Fsp3) is 0.429. The number of hydrogen-bond acceptors (Lipinski definition) is 4. The van der Waals surface area contributed by atoms with E-state index in [1.54, 1.807) is 4.98 Å². The molecule has 0 saturated heterocycles. The molecular formula is C7H10FN3O4S. The lowest BCUT2D eigenvalue weighted by Gasteiger charge is -2.04. The summed E-state index contributed by atoms with van der Waals surface area (Å²) in [7, 11) is -4.20. The number of alkyl halides is 1. The molecule has 1 aromatic heterocycles. The number of aromatic amines is 1. The number of nitrogens with one attached hydrogen (secondary N) is 1. The van der Waals surface area contributed by atoms with E-state index in [2.05, 4.69) is 0 Å². The van der Waals surface area contributed by atoms with Crippen molar-refractivity contribution in [3.05, 3.63) is 27.0 Å². The highest BCUT2D eigenvalue weighted by Gasteiger charge is 2.15. The van der Waals surface area contributed by atoms with Crippen LogP contribution in [0, 0.1) is 0 Å². The topological polar surface area (TPSA) is 115 Å². The molecule has 7 nitrogen and oxygen atoms in total. The number of primary sulfonamides is 1. The lowest BCUT2D eigenvalue weighted by Crippen LogP contribution is -2.34. The Morgan fingerprint density at radius 3 is 2.56 bits per heavy atom. The number of halogens is 1. The van der Waals surface area contributed by atoms with Crippen molar-refractivity contribution in [3.63, 3.8) is 0 Å². The molecule has 0 spiro atoms. The van der Waals surface area contributed by atoms with Crippen LogP contribution < -0.4 is 16.4 Å². The van der Waals surface area contributed by atoms with Gasteiger partial charge in [0.05, 0.1) is 6.67 Å². The maximum absolute atomic E-state index is 11.9. The highest BCUT2D eigenvalue weighted by atomic mass is 32.2. The van der Waals surface area contributed by atoms with Gasteiger partial charge < -0.3 is 0 Å². The Kier molecular flexibility index (Phi) is 3.60. The van der Waals surface area contributed by atoms with E-state index in [9.17, 15) is 22.4 Å². The Morgan fingerprint density at radius 1 is 1.44 bits per heavy atom. The second-order valence-electron chi connectivity index (χ2n) is 3.03. The van der Waals surface area contributed by atoms with E-state index >= 15 is 0 Å². The second-order valence-corrected chi connectivity index (χ2v) is 4.56. The predicted octanol–water partition coefficient (Wildman–Crippen LogP) is -1.46. The van der Waals surface area contributed by atoms with Crippen LogP contribution in [0.2, 0.25) is 0 Å². The van der Waals surface area contributed by atoms with Crippen LogP contribution >= 0.6 is 0 Å². The van der Waals surface area contributed by atoms with Gasteiger partial charge in [-0.1, -0.05) is 0 Å². The summed E-state index contributed by atoms with van der Waals surface area (Å²) in [5.41, 5.74) is -1.88. The number of rotatable bonds is 4. The van der Waals surface area contributed by atoms with Crippen molar-refractivity contribution in [2.75, 3.05) is 6.67 Å². The Morgan fingerprint density at radius 2 is 2.06 bits per heavy atom. The van der Waals surface area contributed by atoms with Crippen molar-refractivity contribution < 1.29 is 12.8 Å². The standard InChI is InChI=1S/C7H10FN3O4S/c8-2-1-3-11-4-5(16(9,14)15)6(12)10-7(11)13/h4H,1-3H2,(H2,9,14,15)(H,10,12,13). The van der Waals surface area contributed by atoms with E-state index in [-0.39, 0.29) is 13.0 Å². The van der Waals surface area contributed by atoms with Crippen LogP contribution in [0.5, 0.6) is 0 Å². The molecule has 0 aliphatic rings. The quantitative estimate of drug-likeness (QED) is 0.680. The predicted molar refractivity (Wildman–Crippen MR) is 53.3 cm³/mol. The number of nitrogens with zero attached hydrogens (tertiary/aromatic N) is 1. The first-order valence-corrected chi connectivity index (χ1v) is 5.83. The third kappa shape index (κ3) is 2.76. The Balaban J connectivity index is 3.34. The summed E-state index contributed by atoms with van der Waals surface area (Å²) in [6.07, 6.45) is 0.849. The van der Waals surface area contributed by atoms with Gasteiger partial charge in [-0.05, 0) is 6.42 Å². The minimum Gasteiger partial charge on any atom is -0.299 e. The minimum absolute atomic E-state index is 0.0331. The molecule has 1 heterocycles. The van der Waals surface area contributed by atoms with E-state index in [1.807, 2.05) is 0 Å². The molecule has 0 radical (unpaired) electrons. The zero-order valence-corrected chi connectivity index (χ0v) is 8.96. The van der Waals surface area contributed by atoms with Crippen molar-refractivity contribution >= 4 is 10.0 Å². The van der Waals surface area contributed by atoms with Gasteiger partial charge in [0.2, 0.25) is 10.0 Å². The Hall–Kier alpha value is -1.48. The summed E-state index contributed by atoms with van der Waals surface area (Å²) in [5.74, 6) is 0. The van der Waals surface area contributed by atoms with Crippen LogP contribution in [0.3, 0.4) is 0 Å². The summed E-state index contributed by atoms with van der Waals surface area (Å²) in [5, 5.41) is 4.77. The molecule has 90 valence electrons. The first kappa shape index (κ1) is 12.6. The summed E-state index contributed by atoms with van der Waals surface area (Å²) in [4.78, 5) is 23.4. The lowest BCUT2D eigenvalue weighted by atomic mass is 10.4. The summed E-state index contributed by atoms with van der Waals surface area (Å²) >= 11 is 0. The van der Waals surface area contributed by atoms with E-state index in [0.717, 1.165) is 10.8 Å². The Bertz CT molecular complexity index is 588. The third-order valence-electron chi connectivity index (χ3n) is 1.82. The van der Waals surface area contributed by atoms with E-state index < -0.39 is 32.8 Å². The fourth-order valence-corrected chi connectivity index (χ4v) is 1.67. The average Bonchev–Trinajstić information content (AvgIpc) is 2.14. The zero-order valence-electron chi connectivity index (χ0n) is 8.14. The van der Waals surface area contributed by atoms with Crippen molar-refractivity contribution in [3.8, 4) is 0 Å². The molecule has 1 rings (SSSR count). The molecule has 0 amide bonds. The number of nitrogens with two attached hydrogens (primary N) is 1. The van der Waals surface area contributed by atoms with Gasteiger partial charge in [0.25, 0.3) is 5.56 Å². The SMILES string of the molecule is NS(=O)(=O)c1cn(CCCF)c(=O)[nH]c1=O. The van der Waals surface area contributed by atoms with Crippen LogP contribution in [0.15, 0.2) is 20.7 Å². The number of aromatic nitrogens is 2. The molecule has 16 heavy (non-hydrogen) atoms. The molecule has 0 aromatic carbocycles. The number of sulfonamides is 1. The van der Waals surface area contributed by atoms with E-state index in [1.165, 1.54) is 0 Å². The highest BCUT2D eigenvalue weighted by molar-refractivity contribution is 7.89. The van der Waals surface area contributed by atoms with Gasteiger partial charge in [0, 0.05) is 12.7 Å². The lowest BCUT2D eigenvalue weighted by molar-refractivity contribution is 0.439. The Labute approximate surface area is 89.8 Å². The largest absolute Gasteiger partial charge is 0.328 e. The maximum atomic E-state index is 11.9. The van der Waals surface area contributed by atoms with Gasteiger partial charge in [-0.25, -0.2) is 18.4 Å². The number of aryl methyl sites for hydroxylation is 1. The van der Waals surface area contributed by atoms with Crippen LogP contribution in [0.4, 0.5) is 4.39 Å². The van der Waals surface area contributed by atoms with Crippen molar-refractivity contribution in [2.24, 2.45) is 5.14 Å². The average molecular weight is 251 g/mol. The van der Waals surface area contributed by atoms with E-state index in [0.29, 0.717) is 0 Å². The summed E-state index contributed by atoms with van der Waals surface area (Å²) in [6.45, 7) is -0.690. The summed E-state index contributed by atoms with van der Waals surface area (Å²) in [6, 6.07) is 0. The molecular weight excluding hydrogens is 241 g/mol. The molecule has 3 N–H and O–H groups in total. The van der Waals surface area contributed by atoms with Crippen molar-refractivity contribution in [1.82, 2.24) is 9.55 Å². The molecule has 9 heteroatoms. The van der Waals surface area contributed by atoms with Gasteiger partial charge in [0.15, 0.2) is 4.90 Å². The minimum atomic E-state index is -4.20. The van der Waals surface area contributed by atoms with Gasteiger partial charge in [-0.15, -0.1) is 0 Å². The van der Waals surface area contributed by atoms with Gasteiger partial charge in [0.1, 0.15) is 0 Å². The van der Waals surface area contributed by atoms with Gasteiger partial charge in [-0.3, -0.25) is 18.7 Å². The van der Waals surface area contributed by atoms with Crippen molar-refractivity contribution in [2.45, 2.75) is 17.9 Å². The molecule has 0 unspecified atom stereocenters. The maximum Gasteiger partial charge on any atom is 0.328 e. The van der Waals surface area contributed by atoms with Gasteiger partial charge in [-0.2, -0.15) is 0 Å². The molecule has 0 atom stereocenters. The zero-order chi connectivity index (χ0) is 12.3. The first-order valence-electron chi connectivity index (χ1n) is 4.29. The number of hydrogen-bond donors (Lipinski definition) is 2. The molecule has 0 aliphatic heterocycles. The van der Waals surface area contributed by atoms with E-state index in [4.69, 9.17) is 5.14 Å². The second kappa shape index (κ2) is 4.58. The molecule has 0 bridgehead atoms. The van der Waals surface area contributed by atoms with Gasteiger partial charge >= 0.3 is 5.69 Å². The fourth-order valence-electron chi connectivity index (χ4n) is 1.09. The van der Waals surface area contributed by atoms with Crippen LogP contribution in [0.25, 0.3) is 0 Å². The van der Waals surface area contributed by atoms with Crippen LogP contribution in [0.1, 0.15) is 6.42 Å². The monoisotopic (exact) mass is 251 g/mol. The molecule has 0 saturated carbocycles. The first-order chi connectivity index (χ1) is 7.36. The van der Waals surface area contributed by atoms with Crippen LogP contribution in [-0.2, 0) is 16.6 Å².